The van der Waals surface area contributed by atoms with Gasteiger partial charge in [0.05, 0.1) is 7.11 Å². The molecule has 1 rings (SSSR count). The first kappa shape index (κ1) is 12.7. The average molecular weight is 228 g/mol. The summed E-state index contributed by atoms with van der Waals surface area (Å²) in [7, 11) is 1.20. The highest BCUT2D eigenvalue weighted by molar-refractivity contribution is 5.98. The summed E-state index contributed by atoms with van der Waals surface area (Å²) in [5.41, 5.74) is -1.75. The Morgan fingerprint density at radius 3 is 2.31 bits per heavy atom. The maximum absolute atomic E-state index is 11.7. The van der Waals surface area contributed by atoms with E-state index in [4.69, 9.17) is 9.47 Å². The lowest BCUT2D eigenvalue weighted by Gasteiger charge is -2.38. The van der Waals surface area contributed by atoms with Crippen LogP contribution in [-0.2, 0) is 19.0 Å². The molecule has 5 nitrogen and oxygen atoms in total. The number of carbonyl (C=O) groups is 2. The maximum Gasteiger partial charge on any atom is 0.513 e. The Kier molecular flexibility index (Phi) is 3.10. The van der Waals surface area contributed by atoms with E-state index in [0.717, 1.165) is 0 Å². The topological polar surface area (TPSA) is 61.8 Å². The standard InChI is InChI=1S/C11H16O5/c1-10(2)7(12)6-8(11(3,4)16-10)15-9(13)14-5/h6H,1-5H3. The zero-order chi connectivity index (χ0) is 12.6. The van der Waals surface area contributed by atoms with Crippen LogP contribution in [0.25, 0.3) is 0 Å². The third-order valence-corrected chi connectivity index (χ3v) is 2.32. The fourth-order valence-corrected chi connectivity index (χ4v) is 1.49. The Bertz CT molecular complexity index is 351. The van der Waals surface area contributed by atoms with E-state index < -0.39 is 17.4 Å². The molecule has 0 spiro atoms. The van der Waals surface area contributed by atoms with Gasteiger partial charge < -0.3 is 14.2 Å². The van der Waals surface area contributed by atoms with Crippen molar-refractivity contribution in [1.29, 1.82) is 0 Å². The van der Waals surface area contributed by atoms with Crippen molar-refractivity contribution in [3.8, 4) is 0 Å². The molecule has 90 valence electrons. The molecular formula is C11H16O5. The van der Waals surface area contributed by atoms with Crippen LogP contribution in [0, 0.1) is 0 Å². The van der Waals surface area contributed by atoms with Gasteiger partial charge in [-0.1, -0.05) is 0 Å². The molecule has 0 aromatic heterocycles. The average Bonchev–Trinajstić information content (AvgIpc) is 2.12. The SMILES string of the molecule is COC(=O)OC1=CC(=O)C(C)(C)OC1(C)C. The van der Waals surface area contributed by atoms with Crippen molar-refractivity contribution in [2.24, 2.45) is 0 Å². The van der Waals surface area contributed by atoms with Crippen LogP contribution in [0.3, 0.4) is 0 Å². The molecular weight excluding hydrogens is 212 g/mol. The monoisotopic (exact) mass is 228 g/mol. The zero-order valence-electron chi connectivity index (χ0n) is 10.1. The van der Waals surface area contributed by atoms with Crippen LogP contribution in [-0.4, -0.2) is 30.3 Å². The van der Waals surface area contributed by atoms with Crippen LogP contribution in [0.15, 0.2) is 11.8 Å². The van der Waals surface area contributed by atoms with Gasteiger partial charge in [-0.15, -0.1) is 0 Å². The van der Waals surface area contributed by atoms with Crippen molar-refractivity contribution in [3.05, 3.63) is 11.8 Å². The summed E-state index contributed by atoms with van der Waals surface area (Å²) >= 11 is 0. The van der Waals surface area contributed by atoms with Gasteiger partial charge in [0.15, 0.2) is 5.78 Å². The first-order chi connectivity index (χ1) is 7.19. The summed E-state index contributed by atoms with van der Waals surface area (Å²) in [5.74, 6) is -0.0885. The number of carbonyl (C=O) groups excluding carboxylic acids is 2. The van der Waals surface area contributed by atoms with Gasteiger partial charge >= 0.3 is 6.16 Å². The number of ketones is 1. The summed E-state index contributed by atoms with van der Waals surface area (Å²) in [4.78, 5) is 22.6. The van der Waals surface area contributed by atoms with Gasteiger partial charge in [-0.05, 0) is 27.7 Å². The van der Waals surface area contributed by atoms with Gasteiger partial charge in [0, 0.05) is 6.08 Å². The van der Waals surface area contributed by atoms with Gasteiger partial charge in [-0.25, -0.2) is 4.79 Å². The quantitative estimate of drug-likeness (QED) is 0.640. The largest absolute Gasteiger partial charge is 0.513 e. The van der Waals surface area contributed by atoms with E-state index in [1.54, 1.807) is 27.7 Å². The molecule has 1 heterocycles. The predicted molar refractivity (Wildman–Crippen MR) is 55.8 cm³/mol. The first-order valence-electron chi connectivity index (χ1n) is 4.91. The molecule has 0 aliphatic carbocycles. The molecule has 0 unspecified atom stereocenters. The summed E-state index contributed by atoms with van der Waals surface area (Å²) in [6.45, 7) is 6.77. The minimum absolute atomic E-state index is 0.156. The second kappa shape index (κ2) is 3.90. The number of ether oxygens (including phenoxy) is 3. The predicted octanol–water partition coefficient (Wildman–Crippen LogP) is 1.81. The molecule has 0 aromatic rings. The van der Waals surface area contributed by atoms with Crippen LogP contribution >= 0.6 is 0 Å². The highest BCUT2D eigenvalue weighted by Crippen LogP contribution is 2.33. The van der Waals surface area contributed by atoms with Crippen molar-refractivity contribution in [2.45, 2.75) is 38.9 Å². The summed E-state index contributed by atoms with van der Waals surface area (Å²) in [6.07, 6.45) is 0.413. The Labute approximate surface area is 94.4 Å². The Morgan fingerprint density at radius 2 is 1.81 bits per heavy atom. The highest BCUT2D eigenvalue weighted by atomic mass is 16.7. The van der Waals surface area contributed by atoms with Gasteiger partial charge in [0.25, 0.3) is 0 Å². The fraction of sp³-hybridized carbons (Fsp3) is 0.636. The lowest BCUT2D eigenvalue weighted by molar-refractivity contribution is -0.160. The molecule has 0 fully saturated rings. The maximum atomic E-state index is 11.7. The van der Waals surface area contributed by atoms with Crippen LogP contribution < -0.4 is 0 Å². The minimum atomic E-state index is -0.910. The molecule has 5 heteroatoms. The Balaban J connectivity index is 3.00. The van der Waals surface area contributed by atoms with Crippen molar-refractivity contribution in [1.82, 2.24) is 0 Å². The summed E-state index contributed by atoms with van der Waals surface area (Å²) in [6, 6.07) is 0. The van der Waals surface area contributed by atoms with Crippen molar-refractivity contribution in [3.63, 3.8) is 0 Å². The second-order valence-electron chi connectivity index (χ2n) is 4.55. The molecule has 0 aromatic carbocycles. The van der Waals surface area contributed by atoms with E-state index in [-0.39, 0.29) is 11.5 Å². The summed E-state index contributed by atoms with van der Waals surface area (Å²) in [5, 5.41) is 0. The lowest BCUT2D eigenvalue weighted by Crippen LogP contribution is -2.48. The van der Waals surface area contributed by atoms with Gasteiger partial charge in [0.2, 0.25) is 0 Å². The fourth-order valence-electron chi connectivity index (χ4n) is 1.49. The van der Waals surface area contributed by atoms with Crippen molar-refractivity contribution < 1.29 is 23.8 Å². The van der Waals surface area contributed by atoms with E-state index >= 15 is 0 Å². The van der Waals surface area contributed by atoms with Crippen LogP contribution in [0.4, 0.5) is 4.79 Å². The number of hydrogen-bond donors (Lipinski definition) is 0. The number of hydrogen-bond acceptors (Lipinski definition) is 5. The van der Waals surface area contributed by atoms with Gasteiger partial charge in [0.1, 0.15) is 17.0 Å². The first-order valence-corrected chi connectivity index (χ1v) is 4.91. The second-order valence-corrected chi connectivity index (χ2v) is 4.55. The molecule has 0 radical (unpaired) electrons. The molecule has 0 atom stereocenters. The molecule has 0 bridgehead atoms. The highest BCUT2D eigenvalue weighted by Gasteiger charge is 2.43. The zero-order valence-corrected chi connectivity index (χ0v) is 10.1. The minimum Gasteiger partial charge on any atom is -0.437 e. The van der Waals surface area contributed by atoms with Crippen LogP contribution in [0.5, 0.6) is 0 Å². The van der Waals surface area contributed by atoms with Crippen LogP contribution in [0.1, 0.15) is 27.7 Å². The molecule has 16 heavy (non-hydrogen) atoms. The van der Waals surface area contributed by atoms with Gasteiger partial charge in [-0.2, -0.15) is 0 Å². The molecule has 1 aliphatic rings. The Hall–Kier alpha value is -1.36. The number of methoxy groups -OCH3 is 1. The van der Waals surface area contributed by atoms with E-state index in [0.29, 0.717) is 0 Å². The Morgan fingerprint density at radius 1 is 1.25 bits per heavy atom. The van der Waals surface area contributed by atoms with Crippen molar-refractivity contribution >= 4 is 11.9 Å². The third-order valence-electron chi connectivity index (χ3n) is 2.32. The smallest absolute Gasteiger partial charge is 0.437 e. The van der Waals surface area contributed by atoms with E-state index in [9.17, 15) is 9.59 Å². The van der Waals surface area contributed by atoms with E-state index in [1.807, 2.05) is 0 Å². The van der Waals surface area contributed by atoms with Gasteiger partial charge in [-0.3, -0.25) is 4.79 Å². The number of rotatable bonds is 1. The van der Waals surface area contributed by atoms with E-state index in [2.05, 4.69) is 4.74 Å². The lowest BCUT2D eigenvalue weighted by atomic mass is 9.93. The molecule has 0 N–H and O–H groups in total. The molecule has 0 amide bonds. The molecule has 0 saturated heterocycles. The molecule has 1 aliphatic heterocycles. The van der Waals surface area contributed by atoms with Crippen LogP contribution in [0.2, 0.25) is 0 Å². The normalized spacial score (nSPS) is 22.3. The molecule has 0 saturated carbocycles. The third kappa shape index (κ3) is 2.41. The van der Waals surface area contributed by atoms with Crippen molar-refractivity contribution in [2.75, 3.05) is 7.11 Å². The summed E-state index contributed by atoms with van der Waals surface area (Å²) < 4.78 is 14.8. The van der Waals surface area contributed by atoms with E-state index in [1.165, 1.54) is 13.2 Å².